The van der Waals surface area contributed by atoms with Gasteiger partial charge < -0.3 is 10.6 Å². The van der Waals surface area contributed by atoms with Gasteiger partial charge in [0.1, 0.15) is 11.6 Å². The zero-order chi connectivity index (χ0) is 13.1. The fourth-order valence-electron chi connectivity index (χ4n) is 1.86. The number of nitrogen functional groups attached to an aromatic ring is 1. The van der Waals surface area contributed by atoms with Gasteiger partial charge in [0, 0.05) is 17.9 Å². The van der Waals surface area contributed by atoms with Crippen molar-refractivity contribution in [1.29, 1.82) is 0 Å². The Morgan fingerprint density at radius 1 is 1.06 bits per heavy atom. The van der Waals surface area contributed by atoms with Gasteiger partial charge in [-0.2, -0.15) is 0 Å². The van der Waals surface area contributed by atoms with Gasteiger partial charge in [-0.15, -0.1) is 0 Å². The van der Waals surface area contributed by atoms with Crippen LogP contribution in [0.15, 0.2) is 42.5 Å². The van der Waals surface area contributed by atoms with E-state index in [-0.39, 0.29) is 11.6 Å². The standard InChI is InChI=1S/C14H14F2N2/c1-2-18(12-6-3-10(15)4-7-12)14-8-5-11(17)9-13(14)16/h3-9H,2,17H2,1H3. The Balaban J connectivity index is 2.41. The van der Waals surface area contributed by atoms with Gasteiger partial charge in [-0.3, -0.25) is 0 Å². The number of hydrogen-bond donors (Lipinski definition) is 1. The molecule has 4 heteroatoms. The third-order valence-corrected chi connectivity index (χ3v) is 2.72. The van der Waals surface area contributed by atoms with Crippen LogP contribution in [0.25, 0.3) is 0 Å². The van der Waals surface area contributed by atoms with Crippen LogP contribution in [-0.4, -0.2) is 6.54 Å². The summed E-state index contributed by atoms with van der Waals surface area (Å²) in [6, 6.07) is 10.5. The topological polar surface area (TPSA) is 29.3 Å². The van der Waals surface area contributed by atoms with E-state index in [2.05, 4.69) is 0 Å². The van der Waals surface area contributed by atoms with Crippen molar-refractivity contribution in [2.45, 2.75) is 6.92 Å². The van der Waals surface area contributed by atoms with Crippen LogP contribution in [0.3, 0.4) is 0 Å². The normalized spacial score (nSPS) is 10.4. The molecular formula is C14H14F2N2. The van der Waals surface area contributed by atoms with Crippen molar-refractivity contribution in [2.24, 2.45) is 0 Å². The molecule has 2 nitrogen and oxygen atoms in total. The lowest BCUT2D eigenvalue weighted by Gasteiger charge is -2.23. The summed E-state index contributed by atoms with van der Waals surface area (Å²) in [7, 11) is 0. The van der Waals surface area contributed by atoms with Crippen LogP contribution in [0.1, 0.15) is 6.92 Å². The summed E-state index contributed by atoms with van der Waals surface area (Å²) in [5.74, 6) is -0.700. The molecule has 0 aliphatic heterocycles. The Kier molecular flexibility index (Phi) is 3.46. The molecule has 18 heavy (non-hydrogen) atoms. The van der Waals surface area contributed by atoms with Crippen molar-refractivity contribution in [1.82, 2.24) is 0 Å². The molecule has 0 saturated carbocycles. The maximum Gasteiger partial charge on any atom is 0.148 e. The van der Waals surface area contributed by atoms with Crippen LogP contribution in [0.4, 0.5) is 25.8 Å². The number of nitrogens with zero attached hydrogens (tertiary/aromatic N) is 1. The molecule has 2 aromatic carbocycles. The van der Waals surface area contributed by atoms with E-state index in [1.54, 1.807) is 29.2 Å². The molecule has 0 aromatic heterocycles. The van der Waals surface area contributed by atoms with Gasteiger partial charge in [0.15, 0.2) is 0 Å². The summed E-state index contributed by atoms with van der Waals surface area (Å²) < 4.78 is 26.7. The Labute approximate surface area is 105 Å². The highest BCUT2D eigenvalue weighted by molar-refractivity contribution is 5.65. The molecule has 0 fully saturated rings. The van der Waals surface area contributed by atoms with Crippen molar-refractivity contribution in [2.75, 3.05) is 17.2 Å². The van der Waals surface area contributed by atoms with E-state index in [9.17, 15) is 8.78 Å². The minimum Gasteiger partial charge on any atom is -0.399 e. The zero-order valence-electron chi connectivity index (χ0n) is 10.0. The van der Waals surface area contributed by atoms with Gasteiger partial charge in [-0.25, -0.2) is 8.78 Å². The number of halogens is 2. The molecule has 2 aromatic rings. The first-order valence-corrected chi connectivity index (χ1v) is 5.70. The maximum absolute atomic E-state index is 13.9. The summed E-state index contributed by atoms with van der Waals surface area (Å²) in [5, 5.41) is 0. The highest BCUT2D eigenvalue weighted by Crippen LogP contribution is 2.28. The second-order valence-electron chi connectivity index (χ2n) is 3.93. The maximum atomic E-state index is 13.9. The van der Waals surface area contributed by atoms with Crippen LogP contribution < -0.4 is 10.6 Å². The van der Waals surface area contributed by atoms with E-state index < -0.39 is 0 Å². The van der Waals surface area contributed by atoms with E-state index in [1.807, 2.05) is 6.92 Å². The molecule has 0 amide bonds. The third-order valence-electron chi connectivity index (χ3n) is 2.72. The number of nitrogens with two attached hydrogens (primary N) is 1. The minimum atomic E-state index is -0.388. The van der Waals surface area contributed by atoms with E-state index in [4.69, 9.17) is 5.73 Å². The molecule has 0 unspecified atom stereocenters. The summed E-state index contributed by atoms with van der Waals surface area (Å²) in [4.78, 5) is 1.76. The Bertz CT molecular complexity index is 538. The average Bonchev–Trinajstić information content (AvgIpc) is 2.35. The zero-order valence-corrected chi connectivity index (χ0v) is 10.0. The van der Waals surface area contributed by atoms with Gasteiger partial charge in [0.2, 0.25) is 0 Å². The Morgan fingerprint density at radius 2 is 1.72 bits per heavy atom. The number of rotatable bonds is 3. The van der Waals surface area contributed by atoms with Crippen molar-refractivity contribution < 1.29 is 8.78 Å². The summed E-state index contributed by atoms with van der Waals surface area (Å²) >= 11 is 0. The molecule has 0 aliphatic rings. The molecule has 2 N–H and O–H groups in total. The number of hydrogen-bond acceptors (Lipinski definition) is 2. The first-order chi connectivity index (χ1) is 8.61. The monoisotopic (exact) mass is 248 g/mol. The highest BCUT2D eigenvalue weighted by Gasteiger charge is 2.12. The van der Waals surface area contributed by atoms with E-state index in [1.165, 1.54) is 18.2 Å². The third kappa shape index (κ3) is 2.42. The summed E-state index contributed by atoms with van der Waals surface area (Å²) in [5.41, 5.74) is 7.07. The fraction of sp³-hybridized carbons (Fsp3) is 0.143. The predicted octanol–water partition coefficient (Wildman–Crippen LogP) is 3.71. The predicted molar refractivity (Wildman–Crippen MR) is 69.9 cm³/mol. The average molecular weight is 248 g/mol. The summed E-state index contributed by atoms with van der Waals surface area (Å²) in [6.07, 6.45) is 0. The second-order valence-corrected chi connectivity index (χ2v) is 3.93. The van der Waals surface area contributed by atoms with Crippen LogP contribution in [-0.2, 0) is 0 Å². The van der Waals surface area contributed by atoms with E-state index in [0.717, 1.165) is 5.69 Å². The molecule has 0 spiro atoms. The lowest BCUT2D eigenvalue weighted by atomic mass is 10.2. The SMILES string of the molecule is CCN(c1ccc(F)cc1)c1ccc(N)cc1F. The molecule has 0 atom stereocenters. The minimum absolute atomic E-state index is 0.312. The van der Waals surface area contributed by atoms with Crippen molar-refractivity contribution in [3.05, 3.63) is 54.1 Å². The van der Waals surface area contributed by atoms with Gasteiger partial charge in [-0.05, 0) is 49.4 Å². The van der Waals surface area contributed by atoms with Crippen molar-refractivity contribution >= 4 is 17.1 Å². The molecule has 0 bridgehead atoms. The van der Waals surface area contributed by atoms with Gasteiger partial charge >= 0.3 is 0 Å². The fourth-order valence-corrected chi connectivity index (χ4v) is 1.86. The van der Waals surface area contributed by atoms with E-state index >= 15 is 0 Å². The molecule has 94 valence electrons. The summed E-state index contributed by atoms with van der Waals surface area (Å²) in [6.45, 7) is 2.48. The smallest absolute Gasteiger partial charge is 0.148 e. The van der Waals surface area contributed by atoms with Gasteiger partial charge in [0.25, 0.3) is 0 Å². The van der Waals surface area contributed by atoms with Crippen LogP contribution in [0, 0.1) is 11.6 Å². The Morgan fingerprint density at radius 3 is 2.28 bits per heavy atom. The van der Waals surface area contributed by atoms with Crippen LogP contribution in [0.2, 0.25) is 0 Å². The van der Waals surface area contributed by atoms with Gasteiger partial charge in [0.05, 0.1) is 5.69 Å². The lowest BCUT2D eigenvalue weighted by molar-refractivity contribution is 0.624. The van der Waals surface area contributed by atoms with Gasteiger partial charge in [-0.1, -0.05) is 0 Å². The lowest BCUT2D eigenvalue weighted by Crippen LogP contribution is -2.17. The quantitative estimate of drug-likeness (QED) is 0.839. The Hall–Kier alpha value is -2.10. The second kappa shape index (κ2) is 5.04. The number of benzene rings is 2. The first-order valence-electron chi connectivity index (χ1n) is 5.70. The van der Waals surface area contributed by atoms with Crippen molar-refractivity contribution in [3.63, 3.8) is 0 Å². The largest absolute Gasteiger partial charge is 0.399 e. The molecule has 0 heterocycles. The molecule has 0 saturated heterocycles. The van der Waals surface area contributed by atoms with E-state index in [0.29, 0.717) is 17.9 Å². The molecule has 0 aliphatic carbocycles. The van der Waals surface area contributed by atoms with Crippen LogP contribution >= 0.6 is 0 Å². The molecule has 2 rings (SSSR count). The highest BCUT2D eigenvalue weighted by atomic mass is 19.1. The number of anilines is 3. The van der Waals surface area contributed by atoms with Crippen molar-refractivity contribution in [3.8, 4) is 0 Å². The van der Waals surface area contributed by atoms with Crippen LogP contribution in [0.5, 0.6) is 0 Å². The first kappa shape index (κ1) is 12.4. The molecular weight excluding hydrogens is 234 g/mol. The molecule has 0 radical (unpaired) electrons.